The van der Waals surface area contributed by atoms with E-state index in [2.05, 4.69) is 16.8 Å². The van der Waals surface area contributed by atoms with E-state index in [0.29, 0.717) is 22.9 Å². The fourth-order valence-electron chi connectivity index (χ4n) is 2.98. The third-order valence-electron chi connectivity index (χ3n) is 4.52. The zero-order valence-electron chi connectivity index (χ0n) is 16.4. The number of unbranched alkanes of at least 4 members (excludes halogenated alkanes) is 2. The van der Waals surface area contributed by atoms with E-state index in [9.17, 15) is 14.4 Å². The van der Waals surface area contributed by atoms with E-state index in [1.165, 1.54) is 36.1 Å². The number of esters is 2. The third-order valence-corrected chi connectivity index (χ3v) is 4.52. The molecule has 0 aliphatic heterocycles. The SMILES string of the molecule is CCCCCn1nc(C(=O)Oc2ccc(C(=O)OC)cc2)c2ccccc2c1=O. The van der Waals surface area contributed by atoms with Gasteiger partial charge >= 0.3 is 11.9 Å². The molecular weight excluding hydrogens is 372 g/mol. The van der Waals surface area contributed by atoms with Crippen LogP contribution >= 0.6 is 0 Å². The highest BCUT2D eigenvalue weighted by molar-refractivity contribution is 6.02. The summed E-state index contributed by atoms with van der Waals surface area (Å²) in [7, 11) is 1.29. The van der Waals surface area contributed by atoms with Crippen molar-refractivity contribution in [2.45, 2.75) is 32.7 Å². The number of carbonyl (C=O) groups is 2. The second-order valence-electron chi connectivity index (χ2n) is 6.54. The molecule has 0 aliphatic carbocycles. The van der Waals surface area contributed by atoms with Crippen molar-refractivity contribution in [3.63, 3.8) is 0 Å². The molecule has 3 rings (SSSR count). The first-order valence-electron chi connectivity index (χ1n) is 9.45. The summed E-state index contributed by atoms with van der Waals surface area (Å²) in [6, 6.07) is 12.9. The molecular formula is C22H22N2O5. The number of rotatable bonds is 7. The van der Waals surface area contributed by atoms with E-state index in [4.69, 9.17) is 4.74 Å². The molecule has 1 aromatic heterocycles. The fraction of sp³-hybridized carbons (Fsp3) is 0.273. The van der Waals surface area contributed by atoms with Crippen LogP contribution in [0.2, 0.25) is 0 Å². The molecule has 0 fully saturated rings. The highest BCUT2D eigenvalue weighted by Gasteiger charge is 2.19. The Morgan fingerprint density at radius 3 is 2.31 bits per heavy atom. The first-order chi connectivity index (χ1) is 14.0. The Hall–Kier alpha value is -3.48. The number of methoxy groups -OCH3 is 1. The maximum atomic E-state index is 12.8. The van der Waals surface area contributed by atoms with Crippen molar-refractivity contribution in [3.8, 4) is 5.75 Å². The molecule has 150 valence electrons. The number of hydrogen-bond donors (Lipinski definition) is 0. The van der Waals surface area contributed by atoms with Gasteiger partial charge in [-0.05, 0) is 36.8 Å². The highest BCUT2D eigenvalue weighted by atomic mass is 16.5. The van der Waals surface area contributed by atoms with Crippen molar-refractivity contribution >= 4 is 22.7 Å². The number of nitrogens with zero attached hydrogens (tertiary/aromatic N) is 2. The van der Waals surface area contributed by atoms with Gasteiger partial charge in [-0.2, -0.15) is 5.10 Å². The van der Waals surface area contributed by atoms with Gasteiger partial charge in [-0.15, -0.1) is 0 Å². The standard InChI is InChI=1S/C22H22N2O5/c1-3-4-7-14-24-20(25)18-9-6-5-8-17(18)19(23-24)22(27)29-16-12-10-15(11-13-16)21(26)28-2/h5-6,8-13H,3-4,7,14H2,1-2H3. The van der Waals surface area contributed by atoms with Gasteiger partial charge in [-0.25, -0.2) is 14.3 Å². The predicted octanol–water partition coefficient (Wildman–Crippen LogP) is 3.59. The largest absolute Gasteiger partial charge is 0.465 e. The molecule has 3 aromatic rings. The summed E-state index contributed by atoms with van der Waals surface area (Å²) < 4.78 is 11.4. The Morgan fingerprint density at radius 2 is 1.66 bits per heavy atom. The lowest BCUT2D eigenvalue weighted by atomic mass is 10.1. The minimum atomic E-state index is -0.670. The smallest absolute Gasteiger partial charge is 0.364 e. The molecule has 7 nitrogen and oxygen atoms in total. The maximum Gasteiger partial charge on any atom is 0.364 e. The summed E-state index contributed by atoms with van der Waals surface area (Å²) in [6.45, 7) is 2.51. The van der Waals surface area contributed by atoms with E-state index < -0.39 is 11.9 Å². The molecule has 7 heteroatoms. The number of fused-ring (bicyclic) bond motifs is 1. The van der Waals surface area contributed by atoms with Crippen LogP contribution in [-0.4, -0.2) is 28.8 Å². The number of aryl methyl sites for hydroxylation is 1. The lowest BCUT2D eigenvalue weighted by molar-refractivity contribution is 0.0600. The van der Waals surface area contributed by atoms with Gasteiger partial charge in [-0.1, -0.05) is 38.0 Å². The predicted molar refractivity (Wildman–Crippen MR) is 108 cm³/mol. The molecule has 0 aliphatic rings. The third kappa shape index (κ3) is 4.51. The normalized spacial score (nSPS) is 10.7. The van der Waals surface area contributed by atoms with Gasteiger partial charge in [0, 0.05) is 11.9 Å². The number of benzene rings is 2. The van der Waals surface area contributed by atoms with Crippen LogP contribution in [-0.2, 0) is 11.3 Å². The first kappa shape index (κ1) is 20.3. The van der Waals surface area contributed by atoms with Crippen molar-refractivity contribution < 1.29 is 19.1 Å². The highest BCUT2D eigenvalue weighted by Crippen LogP contribution is 2.18. The van der Waals surface area contributed by atoms with Gasteiger partial charge in [0.1, 0.15) is 5.75 Å². The monoisotopic (exact) mass is 394 g/mol. The van der Waals surface area contributed by atoms with E-state index in [1.54, 1.807) is 24.3 Å². The lowest BCUT2D eigenvalue weighted by Crippen LogP contribution is -2.27. The van der Waals surface area contributed by atoms with E-state index >= 15 is 0 Å². The Bertz CT molecular complexity index is 1090. The molecule has 1 heterocycles. The van der Waals surface area contributed by atoms with Gasteiger partial charge < -0.3 is 9.47 Å². The number of ether oxygens (including phenoxy) is 2. The molecule has 0 N–H and O–H groups in total. The summed E-state index contributed by atoms with van der Waals surface area (Å²) in [5.74, 6) is -0.886. The topological polar surface area (TPSA) is 87.5 Å². The molecule has 0 spiro atoms. The summed E-state index contributed by atoms with van der Waals surface area (Å²) in [6.07, 6.45) is 2.78. The van der Waals surface area contributed by atoms with Gasteiger partial charge in [0.05, 0.1) is 18.1 Å². The Labute approximate surface area is 167 Å². The van der Waals surface area contributed by atoms with Crippen molar-refractivity contribution in [1.29, 1.82) is 0 Å². The summed E-state index contributed by atoms with van der Waals surface area (Å²) in [5, 5.41) is 5.15. The van der Waals surface area contributed by atoms with Gasteiger partial charge in [0.2, 0.25) is 0 Å². The molecule has 0 saturated carbocycles. The minimum Gasteiger partial charge on any atom is -0.465 e. The minimum absolute atomic E-state index is 0.0775. The first-order valence-corrected chi connectivity index (χ1v) is 9.45. The molecule has 0 atom stereocenters. The van der Waals surface area contributed by atoms with Crippen LogP contribution in [0.15, 0.2) is 53.3 Å². The molecule has 0 saturated heterocycles. The number of carbonyl (C=O) groups excluding carboxylic acids is 2. The second kappa shape index (κ2) is 9.14. The molecule has 0 amide bonds. The Kier molecular flexibility index (Phi) is 6.39. The van der Waals surface area contributed by atoms with E-state index in [-0.39, 0.29) is 17.0 Å². The summed E-state index contributed by atoms with van der Waals surface area (Å²) >= 11 is 0. The van der Waals surface area contributed by atoms with Gasteiger partial charge in [-0.3, -0.25) is 4.79 Å². The van der Waals surface area contributed by atoms with Crippen LogP contribution in [0.1, 0.15) is 47.0 Å². The molecule has 0 bridgehead atoms. The Morgan fingerprint density at radius 1 is 0.966 bits per heavy atom. The fourth-order valence-corrected chi connectivity index (χ4v) is 2.98. The van der Waals surface area contributed by atoms with Crippen LogP contribution in [0.5, 0.6) is 5.75 Å². The average molecular weight is 394 g/mol. The molecule has 0 radical (unpaired) electrons. The van der Waals surface area contributed by atoms with Gasteiger partial charge in [0.25, 0.3) is 5.56 Å². The summed E-state index contributed by atoms with van der Waals surface area (Å²) in [5.41, 5.74) is 0.199. The second-order valence-corrected chi connectivity index (χ2v) is 6.54. The molecule has 0 unspecified atom stereocenters. The van der Waals surface area contributed by atoms with Crippen molar-refractivity contribution in [3.05, 3.63) is 70.1 Å². The van der Waals surface area contributed by atoms with Crippen LogP contribution in [0.4, 0.5) is 0 Å². The van der Waals surface area contributed by atoms with Crippen LogP contribution < -0.4 is 10.3 Å². The van der Waals surface area contributed by atoms with Gasteiger partial charge in [0.15, 0.2) is 5.69 Å². The number of hydrogen-bond acceptors (Lipinski definition) is 6. The van der Waals surface area contributed by atoms with Crippen LogP contribution in [0.25, 0.3) is 10.8 Å². The lowest BCUT2D eigenvalue weighted by Gasteiger charge is -2.11. The zero-order chi connectivity index (χ0) is 20.8. The summed E-state index contributed by atoms with van der Waals surface area (Å²) in [4.78, 5) is 37.0. The molecule has 2 aromatic carbocycles. The van der Waals surface area contributed by atoms with Crippen molar-refractivity contribution in [1.82, 2.24) is 9.78 Å². The quantitative estimate of drug-likeness (QED) is 0.346. The zero-order valence-corrected chi connectivity index (χ0v) is 16.4. The van der Waals surface area contributed by atoms with Crippen molar-refractivity contribution in [2.75, 3.05) is 7.11 Å². The van der Waals surface area contributed by atoms with Crippen molar-refractivity contribution in [2.24, 2.45) is 0 Å². The van der Waals surface area contributed by atoms with E-state index in [1.807, 2.05) is 0 Å². The maximum absolute atomic E-state index is 12.8. The number of aromatic nitrogens is 2. The van der Waals surface area contributed by atoms with E-state index in [0.717, 1.165) is 19.3 Å². The Balaban J connectivity index is 1.93. The van der Waals surface area contributed by atoms with Crippen LogP contribution in [0, 0.1) is 0 Å². The average Bonchev–Trinajstić information content (AvgIpc) is 2.75. The van der Waals surface area contributed by atoms with Crippen LogP contribution in [0.3, 0.4) is 0 Å². The molecule has 29 heavy (non-hydrogen) atoms.